The Balaban J connectivity index is 0.905. The fraction of sp³-hybridized carbons (Fsp3) is 0.396. The fourth-order valence-corrected chi connectivity index (χ4v) is 6.98. The van der Waals surface area contributed by atoms with Gasteiger partial charge in [-0.15, -0.1) is 5.10 Å². The van der Waals surface area contributed by atoms with Crippen LogP contribution in [-0.4, -0.2) is 132 Å². The van der Waals surface area contributed by atoms with Gasteiger partial charge < -0.3 is 52.7 Å². The maximum Gasteiger partial charge on any atom is 0.335 e. The summed E-state index contributed by atoms with van der Waals surface area (Å²) in [6.45, 7) is 8.23. The number of allylic oxidation sites excluding steroid dienone is 3. The standard InChI is InChI=1S/C48H55N5O14/c1-31-9-17-41(49-31)45(42-18-16-37(50-42)15-12-35-10-13-36(14-11-35)47(57)58)40-7-5-6-8-43(40)64-29-38-28-53(52-51-38)19-20-59-21-22-60-23-24-61-25-26-62-48-46(66-34(4)56)44(65-33(3)55)27-39(67-48)30-63-32(2)54/h5-18,28,39,44,46,48-49H,19-27,29-30H2,1-4H3,(H,57,58)/b15-12+,45-42-/t39-,44-,46+,48+/m0/s1. The number of nitrogens with zero attached hydrogens (tertiary/aromatic N) is 4. The normalized spacial score (nSPS) is 18.7. The number of nitrogens with one attached hydrogen (secondary N) is 1. The van der Waals surface area contributed by atoms with Gasteiger partial charge in [-0.05, 0) is 61.0 Å². The highest BCUT2D eigenvalue weighted by Crippen LogP contribution is 2.36. The molecule has 4 aromatic rings. The molecule has 67 heavy (non-hydrogen) atoms. The molecular formula is C48H55N5O14. The summed E-state index contributed by atoms with van der Waals surface area (Å²) in [5, 5.41) is 17.7. The second kappa shape index (κ2) is 25.2. The summed E-state index contributed by atoms with van der Waals surface area (Å²) in [5.41, 5.74) is 6.81. The molecule has 19 nitrogen and oxygen atoms in total. The van der Waals surface area contributed by atoms with Crippen molar-refractivity contribution in [2.45, 2.75) is 71.9 Å². The molecule has 0 spiro atoms. The number of aromatic nitrogens is 4. The number of aliphatic imine (C=N–C) groups is 1. The van der Waals surface area contributed by atoms with Gasteiger partial charge in [-0.1, -0.05) is 41.6 Å². The summed E-state index contributed by atoms with van der Waals surface area (Å²) in [7, 11) is 0. The molecule has 2 aliphatic heterocycles. The number of hydrogen-bond acceptors (Lipinski definition) is 16. The average molecular weight is 926 g/mol. The van der Waals surface area contributed by atoms with Crippen LogP contribution in [0.3, 0.4) is 0 Å². The van der Waals surface area contributed by atoms with Crippen molar-refractivity contribution < 1.29 is 66.9 Å². The maximum absolute atomic E-state index is 11.8. The van der Waals surface area contributed by atoms with Gasteiger partial charge in [-0.25, -0.2) is 14.5 Å². The molecule has 2 aliphatic rings. The number of aryl methyl sites for hydroxylation is 1. The Morgan fingerprint density at radius 2 is 1.55 bits per heavy atom. The molecule has 0 radical (unpaired) electrons. The first-order chi connectivity index (χ1) is 32.4. The first kappa shape index (κ1) is 49.7. The molecule has 1 saturated heterocycles. The Bertz CT molecular complexity index is 2420. The van der Waals surface area contributed by atoms with Crippen LogP contribution >= 0.6 is 0 Å². The lowest BCUT2D eigenvalue weighted by Gasteiger charge is -2.39. The number of para-hydroxylation sites is 1. The van der Waals surface area contributed by atoms with Crippen molar-refractivity contribution in [2.75, 3.05) is 52.9 Å². The lowest BCUT2D eigenvalue weighted by Crippen LogP contribution is -2.54. The van der Waals surface area contributed by atoms with Crippen molar-refractivity contribution >= 4 is 41.2 Å². The number of ether oxygens (including phenoxy) is 9. The second-order valence-electron chi connectivity index (χ2n) is 15.3. The van der Waals surface area contributed by atoms with Gasteiger partial charge >= 0.3 is 23.9 Å². The van der Waals surface area contributed by atoms with Crippen LogP contribution < -0.4 is 4.74 Å². The third-order valence-corrected chi connectivity index (χ3v) is 10.0. The van der Waals surface area contributed by atoms with Crippen LogP contribution in [0.15, 0.2) is 95.8 Å². The minimum absolute atomic E-state index is 0.0699. The number of aromatic amines is 1. The van der Waals surface area contributed by atoms with E-state index in [0.717, 1.165) is 39.5 Å². The third-order valence-electron chi connectivity index (χ3n) is 10.0. The minimum Gasteiger partial charge on any atom is -0.487 e. The van der Waals surface area contributed by atoms with Gasteiger partial charge in [-0.3, -0.25) is 14.4 Å². The van der Waals surface area contributed by atoms with Crippen LogP contribution in [0.25, 0.3) is 11.6 Å². The monoisotopic (exact) mass is 925 g/mol. The highest BCUT2D eigenvalue weighted by molar-refractivity contribution is 6.10. The molecule has 2 N–H and O–H groups in total. The van der Waals surface area contributed by atoms with E-state index >= 15 is 0 Å². The Morgan fingerprint density at radius 1 is 0.836 bits per heavy atom. The van der Waals surface area contributed by atoms with Gasteiger partial charge in [0.05, 0.1) is 82.1 Å². The zero-order valence-corrected chi connectivity index (χ0v) is 37.8. The van der Waals surface area contributed by atoms with Crippen molar-refractivity contribution in [2.24, 2.45) is 4.99 Å². The van der Waals surface area contributed by atoms with E-state index in [1.54, 1.807) is 28.9 Å². The Kier molecular flexibility index (Phi) is 18.7. The van der Waals surface area contributed by atoms with Crippen LogP contribution in [0.5, 0.6) is 5.75 Å². The molecule has 0 unspecified atom stereocenters. The molecule has 356 valence electrons. The molecule has 4 atom stereocenters. The molecule has 6 rings (SSSR count). The lowest BCUT2D eigenvalue weighted by molar-refractivity contribution is -0.281. The molecule has 0 saturated carbocycles. The first-order valence-electron chi connectivity index (χ1n) is 21.7. The number of hydrogen-bond donors (Lipinski definition) is 2. The number of carbonyl (C=O) groups excluding carboxylic acids is 3. The van der Waals surface area contributed by atoms with E-state index < -0.39 is 48.5 Å². The molecule has 19 heteroatoms. The average Bonchev–Trinajstić information content (AvgIpc) is 4.08. The summed E-state index contributed by atoms with van der Waals surface area (Å²) in [6, 6.07) is 18.4. The van der Waals surface area contributed by atoms with E-state index in [4.69, 9.17) is 47.6 Å². The largest absolute Gasteiger partial charge is 0.487 e. The van der Waals surface area contributed by atoms with Crippen molar-refractivity contribution in [1.82, 2.24) is 20.0 Å². The molecule has 0 aliphatic carbocycles. The SMILES string of the molecule is CC(=O)OC[C@@H]1C[C@H](OC(C)=O)[C@@H](OC(C)=O)[C@H](OCCOCCOCCOCCn2cc(COc3ccccc3/C(=C3\C=CC(/C=C/c4ccc(C(=O)O)cc4)=N3)c3ccc(C)[nH]3)nn2)O1. The zero-order valence-electron chi connectivity index (χ0n) is 37.8. The molecule has 4 heterocycles. The Labute approximate surface area is 387 Å². The van der Waals surface area contributed by atoms with E-state index in [0.29, 0.717) is 44.4 Å². The first-order valence-corrected chi connectivity index (χ1v) is 21.7. The van der Waals surface area contributed by atoms with E-state index in [1.165, 1.54) is 20.8 Å². The summed E-state index contributed by atoms with van der Waals surface area (Å²) >= 11 is 0. The Morgan fingerprint density at radius 3 is 2.24 bits per heavy atom. The van der Waals surface area contributed by atoms with Gasteiger partial charge in [0.1, 0.15) is 30.8 Å². The molecular weight excluding hydrogens is 871 g/mol. The van der Waals surface area contributed by atoms with Crippen LogP contribution in [0.4, 0.5) is 0 Å². The predicted molar refractivity (Wildman–Crippen MR) is 241 cm³/mol. The number of carboxylic acid groups (broad SMARTS) is 1. The molecule has 0 amide bonds. The topological polar surface area (TPSA) is 230 Å². The summed E-state index contributed by atoms with van der Waals surface area (Å²) in [4.78, 5) is 54.5. The smallest absolute Gasteiger partial charge is 0.335 e. The number of benzene rings is 2. The highest BCUT2D eigenvalue weighted by Gasteiger charge is 2.44. The number of aromatic carboxylic acids is 1. The lowest BCUT2D eigenvalue weighted by atomic mass is 9.99. The van der Waals surface area contributed by atoms with Gasteiger partial charge in [-0.2, -0.15) is 0 Å². The van der Waals surface area contributed by atoms with E-state index in [1.807, 2.05) is 73.8 Å². The molecule has 2 aromatic carbocycles. The van der Waals surface area contributed by atoms with Crippen LogP contribution in [0.2, 0.25) is 0 Å². The van der Waals surface area contributed by atoms with Crippen molar-refractivity contribution in [3.63, 3.8) is 0 Å². The number of carbonyl (C=O) groups is 4. The van der Waals surface area contributed by atoms with E-state index in [2.05, 4.69) is 15.3 Å². The van der Waals surface area contributed by atoms with Gasteiger partial charge in [0, 0.05) is 49.7 Å². The van der Waals surface area contributed by atoms with Gasteiger partial charge in [0.2, 0.25) is 0 Å². The van der Waals surface area contributed by atoms with Crippen molar-refractivity contribution in [3.8, 4) is 5.75 Å². The second-order valence-corrected chi connectivity index (χ2v) is 15.3. The van der Waals surface area contributed by atoms with Crippen LogP contribution in [0, 0.1) is 6.92 Å². The zero-order chi connectivity index (χ0) is 47.5. The van der Waals surface area contributed by atoms with Crippen LogP contribution in [-0.2, 0) is 65.4 Å². The quantitative estimate of drug-likeness (QED) is 0.0489. The van der Waals surface area contributed by atoms with Gasteiger partial charge in [0.15, 0.2) is 12.4 Å². The molecule has 0 bridgehead atoms. The number of carboxylic acids is 1. The molecule has 1 fully saturated rings. The highest BCUT2D eigenvalue weighted by atomic mass is 16.7. The molecule has 2 aromatic heterocycles. The van der Waals surface area contributed by atoms with Crippen molar-refractivity contribution in [3.05, 3.63) is 125 Å². The fourth-order valence-electron chi connectivity index (χ4n) is 6.98. The maximum atomic E-state index is 11.8. The number of H-pyrrole nitrogens is 1. The minimum atomic E-state index is -1.08. The Hall–Kier alpha value is -6.77. The summed E-state index contributed by atoms with van der Waals surface area (Å²) in [6.07, 6.45) is 6.01. The predicted octanol–water partition coefficient (Wildman–Crippen LogP) is 5.28. The van der Waals surface area contributed by atoms with E-state index in [9.17, 15) is 24.3 Å². The number of esters is 3. The summed E-state index contributed by atoms with van der Waals surface area (Å²) < 4.78 is 52.5. The van der Waals surface area contributed by atoms with Crippen LogP contribution in [0.1, 0.15) is 65.8 Å². The number of rotatable bonds is 25. The van der Waals surface area contributed by atoms with Gasteiger partial charge in [0.25, 0.3) is 0 Å². The summed E-state index contributed by atoms with van der Waals surface area (Å²) in [5.74, 6) is -1.99. The van der Waals surface area contributed by atoms with Crippen molar-refractivity contribution in [1.29, 1.82) is 0 Å². The van der Waals surface area contributed by atoms with E-state index in [-0.39, 0.29) is 45.0 Å². The third kappa shape index (κ3) is 15.7.